The molecule has 0 aliphatic heterocycles. The van der Waals surface area contributed by atoms with Crippen LogP contribution in [0.4, 0.5) is 18.9 Å². The summed E-state index contributed by atoms with van der Waals surface area (Å²) in [6, 6.07) is 5.01. The summed E-state index contributed by atoms with van der Waals surface area (Å²) in [4.78, 5) is 12.1. The van der Waals surface area contributed by atoms with Crippen LogP contribution < -0.4 is 15.2 Å². The van der Waals surface area contributed by atoms with Crippen molar-refractivity contribution < 1.29 is 27.4 Å². The lowest BCUT2D eigenvalue weighted by molar-refractivity contribution is -0.140. The predicted molar refractivity (Wildman–Crippen MR) is 134 cm³/mol. The molecule has 0 amide bonds. The number of halogens is 3. The zero-order valence-corrected chi connectivity index (χ0v) is 20.7. The third kappa shape index (κ3) is 7.64. The number of methoxy groups -OCH3 is 1. The Morgan fingerprint density at radius 3 is 2.29 bits per heavy atom. The molecule has 0 saturated carbocycles. The van der Waals surface area contributed by atoms with Crippen molar-refractivity contribution in [2.75, 3.05) is 12.8 Å². The average molecular weight is 486 g/mol. The maximum absolute atomic E-state index is 13.2. The number of benzene rings is 2. The Balaban J connectivity index is 2.10. The van der Waals surface area contributed by atoms with E-state index in [9.17, 15) is 18.0 Å². The molecule has 2 aromatic rings. The highest BCUT2D eigenvalue weighted by Gasteiger charge is 2.35. The minimum atomic E-state index is -4.69. The Morgan fingerprint density at radius 1 is 0.971 bits per heavy atom. The number of allylic oxidation sites excluding steroid dienone is 6. The lowest BCUT2D eigenvalue weighted by Crippen LogP contribution is -2.12. The Bertz CT molecular complexity index is 1220. The first-order valence-corrected chi connectivity index (χ1v) is 10.9. The van der Waals surface area contributed by atoms with Crippen molar-refractivity contribution in [3.05, 3.63) is 93.6 Å². The van der Waals surface area contributed by atoms with Crippen LogP contribution in [0.3, 0.4) is 0 Å². The van der Waals surface area contributed by atoms with Gasteiger partial charge in [0.15, 0.2) is 0 Å². The molecule has 0 aromatic heterocycles. The Labute approximate surface area is 204 Å². The monoisotopic (exact) mass is 485 g/mol. The summed E-state index contributed by atoms with van der Waals surface area (Å²) in [6.07, 6.45) is 5.74. The van der Waals surface area contributed by atoms with Gasteiger partial charge in [-0.25, -0.2) is 4.79 Å². The summed E-state index contributed by atoms with van der Waals surface area (Å²) in [6.45, 7) is 9.70. The highest BCUT2D eigenvalue weighted by atomic mass is 19.4. The molecular formula is C28H30F3NO3. The van der Waals surface area contributed by atoms with Crippen LogP contribution in [0.5, 0.6) is 11.5 Å². The fourth-order valence-corrected chi connectivity index (χ4v) is 3.39. The second kappa shape index (κ2) is 11.6. The van der Waals surface area contributed by atoms with Gasteiger partial charge in [0, 0.05) is 11.8 Å². The number of nitrogen functional groups attached to an aromatic ring is 1. The van der Waals surface area contributed by atoms with E-state index in [2.05, 4.69) is 6.92 Å². The first-order chi connectivity index (χ1) is 16.3. The van der Waals surface area contributed by atoms with Crippen LogP contribution in [-0.4, -0.2) is 13.1 Å². The van der Waals surface area contributed by atoms with Crippen molar-refractivity contribution >= 4 is 17.7 Å². The van der Waals surface area contributed by atoms with Crippen LogP contribution in [-0.2, 0) is 11.0 Å². The van der Waals surface area contributed by atoms with Gasteiger partial charge in [-0.15, -0.1) is 0 Å². The van der Waals surface area contributed by atoms with Crippen molar-refractivity contribution in [3.63, 3.8) is 0 Å². The van der Waals surface area contributed by atoms with Gasteiger partial charge in [-0.05, 0) is 86.7 Å². The Hall–Kier alpha value is -3.74. The van der Waals surface area contributed by atoms with E-state index in [1.54, 1.807) is 26.2 Å². The largest absolute Gasteiger partial charge is 0.496 e. The standard InChI is InChI=1S/C28H30F3NO3/c1-17(10-12-23-19(3)15-26(34-6)21(5)20(23)4)8-7-9-18(2)14-27(33)35-25-13-11-22(32)16-24(25)28(29,30)31/h7-16H,32H2,1-6H3. The minimum absolute atomic E-state index is 0.0737. The van der Waals surface area contributed by atoms with Crippen LogP contribution in [0.1, 0.15) is 41.7 Å². The maximum Gasteiger partial charge on any atom is 0.420 e. The van der Waals surface area contributed by atoms with Gasteiger partial charge in [0.1, 0.15) is 17.1 Å². The predicted octanol–water partition coefficient (Wildman–Crippen LogP) is 7.29. The summed E-state index contributed by atoms with van der Waals surface area (Å²) in [7, 11) is 1.66. The minimum Gasteiger partial charge on any atom is -0.496 e. The van der Waals surface area contributed by atoms with Crippen molar-refractivity contribution in [2.45, 2.75) is 40.8 Å². The van der Waals surface area contributed by atoms with Crippen molar-refractivity contribution in [2.24, 2.45) is 0 Å². The third-order valence-electron chi connectivity index (χ3n) is 5.42. The number of carbonyl (C=O) groups is 1. The molecule has 0 bridgehead atoms. The quantitative estimate of drug-likeness (QED) is 0.147. The number of rotatable bonds is 7. The molecule has 2 aromatic carbocycles. The number of hydrogen-bond donors (Lipinski definition) is 1. The van der Waals surface area contributed by atoms with E-state index < -0.39 is 23.5 Å². The lowest BCUT2D eigenvalue weighted by Gasteiger charge is -2.13. The number of esters is 1. The number of anilines is 1. The van der Waals surface area contributed by atoms with E-state index in [0.717, 1.165) is 51.8 Å². The summed E-state index contributed by atoms with van der Waals surface area (Å²) in [5.74, 6) is -0.645. The molecular weight excluding hydrogens is 455 g/mol. The van der Waals surface area contributed by atoms with Gasteiger partial charge >= 0.3 is 12.1 Å². The normalized spacial score (nSPS) is 13.1. The van der Waals surface area contributed by atoms with Gasteiger partial charge in [0.25, 0.3) is 0 Å². The maximum atomic E-state index is 13.2. The van der Waals surface area contributed by atoms with E-state index in [0.29, 0.717) is 5.57 Å². The van der Waals surface area contributed by atoms with Crippen LogP contribution in [0.25, 0.3) is 6.08 Å². The van der Waals surface area contributed by atoms with Gasteiger partial charge < -0.3 is 15.2 Å². The fraction of sp³-hybridized carbons (Fsp3) is 0.250. The molecule has 0 aliphatic rings. The summed E-state index contributed by atoms with van der Waals surface area (Å²) < 4.78 is 49.8. The molecule has 7 heteroatoms. The zero-order chi connectivity index (χ0) is 26.3. The molecule has 0 atom stereocenters. The van der Waals surface area contributed by atoms with E-state index in [4.69, 9.17) is 15.2 Å². The molecule has 0 radical (unpaired) electrons. The molecule has 0 aliphatic carbocycles. The number of hydrogen-bond acceptors (Lipinski definition) is 4. The van der Waals surface area contributed by atoms with E-state index in [1.807, 2.05) is 45.1 Å². The summed E-state index contributed by atoms with van der Waals surface area (Å²) >= 11 is 0. The molecule has 0 saturated heterocycles. The Kier molecular flexibility index (Phi) is 9.12. The van der Waals surface area contributed by atoms with Gasteiger partial charge in [-0.3, -0.25) is 0 Å². The number of carbonyl (C=O) groups excluding carboxylic acids is 1. The second-order valence-corrected chi connectivity index (χ2v) is 8.23. The first-order valence-electron chi connectivity index (χ1n) is 10.9. The smallest absolute Gasteiger partial charge is 0.420 e. The molecule has 35 heavy (non-hydrogen) atoms. The van der Waals surface area contributed by atoms with Gasteiger partial charge in [-0.2, -0.15) is 13.2 Å². The number of ether oxygens (including phenoxy) is 2. The van der Waals surface area contributed by atoms with E-state index in [1.165, 1.54) is 6.07 Å². The molecule has 0 unspecified atom stereocenters. The second-order valence-electron chi connectivity index (χ2n) is 8.23. The van der Waals surface area contributed by atoms with Crippen LogP contribution >= 0.6 is 0 Å². The zero-order valence-electron chi connectivity index (χ0n) is 20.7. The molecule has 0 fully saturated rings. The molecule has 4 nitrogen and oxygen atoms in total. The average Bonchev–Trinajstić information content (AvgIpc) is 2.76. The van der Waals surface area contributed by atoms with Gasteiger partial charge in [-0.1, -0.05) is 36.0 Å². The van der Waals surface area contributed by atoms with Crippen LogP contribution in [0.15, 0.2) is 65.8 Å². The molecule has 2 N–H and O–H groups in total. The van der Waals surface area contributed by atoms with Crippen LogP contribution in [0, 0.1) is 20.8 Å². The summed E-state index contributed by atoms with van der Waals surface area (Å²) in [5.41, 5.74) is 10.2. The van der Waals surface area contributed by atoms with E-state index in [-0.39, 0.29) is 5.69 Å². The van der Waals surface area contributed by atoms with Crippen molar-refractivity contribution in [1.29, 1.82) is 0 Å². The van der Waals surface area contributed by atoms with Gasteiger partial charge in [0.05, 0.1) is 7.11 Å². The van der Waals surface area contributed by atoms with Crippen molar-refractivity contribution in [1.82, 2.24) is 0 Å². The fourth-order valence-electron chi connectivity index (χ4n) is 3.39. The first kappa shape index (κ1) is 27.5. The lowest BCUT2D eigenvalue weighted by atomic mass is 9.96. The third-order valence-corrected chi connectivity index (χ3v) is 5.42. The molecule has 186 valence electrons. The molecule has 0 spiro atoms. The van der Waals surface area contributed by atoms with E-state index >= 15 is 0 Å². The summed E-state index contributed by atoms with van der Waals surface area (Å²) in [5, 5.41) is 0. The number of alkyl halides is 3. The highest BCUT2D eigenvalue weighted by molar-refractivity contribution is 5.85. The topological polar surface area (TPSA) is 61.5 Å². The number of nitrogens with two attached hydrogens (primary N) is 1. The molecule has 2 rings (SSSR count). The van der Waals surface area contributed by atoms with Crippen LogP contribution in [0.2, 0.25) is 0 Å². The van der Waals surface area contributed by atoms with Gasteiger partial charge in [0.2, 0.25) is 0 Å². The van der Waals surface area contributed by atoms with Crippen molar-refractivity contribution in [3.8, 4) is 11.5 Å². The SMILES string of the molecule is COc1cc(C)c(C=CC(C)=CC=CC(C)=CC(=O)Oc2ccc(N)cc2C(F)(F)F)c(C)c1C. The highest BCUT2D eigenvalue weighted by Crippen LogP contribution is 2.37. The molecule has 0 heterocycles. The number of aryl methyl sites for hydroxylation is 1. The Morgan fingerprint density at radius 2 is 1.66 bits per heavy atom.